The second kappa shape index (κ2) is 5.14. The predicted octanol–water partition coefficient (Wildman–Crippen LogP) is 1.55. The molecular weight excluding hydrogens is 252 g/mol. The Bertz CT molecular complexity index is 630. The first-order valence-electron chi connectivity index (χ1n) is 5.40. The first kappa shape index (κ1) is 12.5. The molecule has 0 aliphatic carbocycles. The maximum atomic E-state index is 11.6. The van der Waals surface area contributed by atoms with Gasteiger partial charge < -0.3 is 9.67 Å². The number of nitrogens with zero attached hydrogens (tertiary/aromatic N) is 2. The minimum atomic E-state index is -1.03. The summed E-state index contributed by atoms with van der Waals surface area (Å²) in [6, 6.07) is 2.60. The lowest BCUT2D eigenvalue weighted by Crippen LogP contribution is -2.21. The Morgan fingerprint density at radius 1 is 1.50 bits per heavy atom. The van der Waals surface area contributed by atoms with Gasteiger partial charge in [-0.15, -0.1) is 11.3 Å². The van der Waals surface area contributed by atoms with E-state index in [1.807, 2.05) is 6.92 Å². The number of thiazole rings is 1. The van der Waals surface area contributed by atoms with E-state index in [9.17, 15) is 9.59 Å². The SMILES string of the molecule is Cc1ncsc1CCn1cc(C(=O)O)ccc1=O. The first-order chi connectivity index (χ1) is 8.58. The van der Waals surface area contributed by atoms with Gasteiger partial charge in [0.25, 0.3) is 5.56 Å². The van der Waals surface area contributed by atoms with Crippen LogP contribution in [0.4, 0.5) is 0 Å². The lowest BCUT2D eigenvalue weighted by Gasteiger charge is -2.05. The highest BCUT2D eigenvalue weighted by Gasteiger charge is 2.06. The van der Waals surface area contributed by atoms with Crippen LogP contribution in [0.5, 0.6) is 0 Å². The quantitative estimate of drug-likeness (QED) is 0.909. The topological polar surface area (TPSA) is 72.2 Å². The number of hydrogen-bond acceptors (Lipinski definition) is 4. The highest BCUT2D eigenvalue weighted by atomic mass is 32.1. The van der Waals surface area contributed by atoms with E-state index in [2.05, 4.69) is 4.98 Å². The van der Waals surface area contributed by atoms with Crippen molar-refractivity contribution in [3.8, 4) is 0 Å². The lowest BCUT2D eigenvalue weighted by atomic mass is 10.2. The fourth-order valence-electron chi connectivity index (χ4n) is 1.62. The van der Waals surface area contributed by atoms with Crippen LogP contribution in [0.15, 0.2) is 28.6 Å². The van der Waals surface area contributed by atoms with E-state index in [4.69, 9.17) is 5.11 Å². The number of carboxylic acids is 1. The summed E-state index contributed by atoms with van der Waals surface area (Å²) in [6.07, 6.45) is 2.06. The van der Waals surface area contributed by atoms with E-state index in [-0.39, 0.29) is 11.1 Å². The van der Waals surface area contributed by atoms with Crippen LogP contribution >= 0.6 is 11.3 Å². The molecule has 2 heterocycles. The molecule has 0 spiro atoms. The second-order valence-corrected chi connectivity index (χ2v) is 4.80. The van der Waals surface area contributed by atoms with Crippen molar-refractivity contribution in [3.05, 3.63) is 50.3 Å². The average molecular weight is 264 g/mol. The third-order valence-corrected chi connectivity index (χ3v) is 3.65. The van der Waals surface area contributed by atoms with Gasteiger partial charge in [-0.05, 0) is 13.0 Å². The molecule has 6 heteroatoms. The number of pyridine rings is 1. The average Bonchev–Trinajstić information content (AvgIpc) is 2.73. The van der Waals surface area contributed by atoms with E-state index >= 15 is 0 Å². The zero-order valence-corrected chi connectivity index (χ0v) is 10.6. The normalized spacial score (nSPS) is 10.5. The molecule has 0 fully saturated rings. The number of rotatable bonds is 4. The van der Waals surface area contributed by atoms with Gasteiger partial charge in [0.15, 0.2) is 0 Å². The summed E-state index contributed by atoms with van der Waals surface area (Å²) in [5.74, 6) is -1.03. The Labute approximate surface area is 107 Å². The van der Waals surface area contributed by atoms with Crippen molar-refractivity contribution >= 4 is 17.3 Å². The molecule has 0 bridgehead atoms. The van der Waals surface area contributed by atoms with Gasteiger partial charge in [0.2, 0.25) is 0 Å². The Hall–Kier alpha value is -1.95. The third-order valence-electron chi connectivity index (χ3n) is 2.66. The van der Waals surface area contributed by atoms with E-state index in [0.717, 1.165) is 10.6 Å². The van der Waals surface area contributed by atoms with Gasteiger partial charge >= 0.3 is 5.97 Å². The monoisotopic (exact) mass is 264 g/mol. The fourth-order valence-corrected chi connectivity index (χ4v) is 2.39. The van der Waals surface area contributed by atoms with Crippen LogP contribution in [0.2, 0.25) is 0 Å². The molecule has 0 amide bonds. The predicted molar refractivity (Wildman–Crippen MR) is 68.2 cm³/mol. The Morgan fingerprint density at radius 2 is 2.28 bits per heavy atom. The minimum Gasteiger partial charge on any atom is -0.478 e. The van der Waals surface area contributed by atoms with Crippen LogP contribution in [0.1, 0.15) is 20.9 Å². The smallest absolute Gasteiger partial charge is 0.337 e. The second-order valence-electron chi connectivity index (χ2n) is 3.87. The van der Waals surface area contributed by atoms with Crippen LogP contribution in [-0.4, -0.2) is 20.6 Å². The standard InChI is InChI=1S/C12H12N2O3S/c1-8-10(18-7-13-8)4-5-14-6-9(12(16)17)2-3-11(14)15/h2-3,6-7H,4-5H2,1H3,(H,16,17). The van der Waals surface area contributed by atoms with Gasteiger partial charge in [-0.1, -0.05) is 0 Å². The van der Waals surface area contributed by atoms with Crippen LogP contribution in [0.3, 0.4) is 0 Å². The number of carboxylic acid groups (broad SMARTS) is 1. The molecule has 0 aromatic carbocycles. The number of aryl methyl sites for hydroxylation is 3. The molecule has 18 heavy (non-hydrogen) atoms. The largest absolute Gasteiger partial charge is 0.478 e. The summed E-state index contributed by atoms with van der Waals surface area (Å²) in [4.78, 5) is 27.7. The van der Waals surface area contributed by atoms with Gasteiger partial charge in [-0.25, -0.2) is 9.78 Å². The minimum absolute atomic E-state index is 0.121. The summed E-state index contributed by atoms with van der Waals surface area (Å²) in [5.41, 5.74) is 2.65. The fraction of sp³-hybridized carbons (Fsp3) is 0.250. The van der Waals surface area contributed by atoms with E-state index in [1.54, 1.807) is 16.8 Å². The Balaban J connectivity index is 2.19. The highest BCUT2D eigenvalue weighted by Crippen LogP contribution is 2.13. The summed E-state index contributed by atoms with van der Waals surface area (Å²) in [7, 11) is 0. The highest BCUT2D eigenvalue weighted by molar-refractivity contribution is 7.09. The molecule has 0 saturated carbocycles. The zero-order chi connectivity index (χ0) is 13.1. The van der Waals surface area contributed by atoms with Crippen molar-refractivity contribution < 1.29 is 9.90 Å². The number of aromatic carboxylic acids is 1. The molecule has 0 atom stereocenters. The summed E-state index contributed by atoms with van der Waals surface area (Å²) >= 11 is 1.54. The van der Waals surface area contributed by atoms with Gasteiger partial charge in [-0.2, -0.15) is 0 Å². The number of carbonyl (C=O) groups is 1. The van der Waals surface area contributed by atoms with Crippen LogP contribution in [-0.2, 0) is 13.0 Å². The van der Waals surface area contributed by atoms with Crippen LogP contribution in [0, 0.1) is 6.92 Å². The Morgan fingerprint density at radius 3 is 2.89 bits per heavy atom. The molecule has 0 saturated heterocycles. The molecule has 0 radical (unpaired) electrons. The molecule has 2 aromatic rings. The van der Waals surface area contributed by atoms with Gasteiger partial charge in [0.1, 0.15) is 0 Å². The van der Waals surface area contributed by atoms with Crippen molar-refractivity contribution in [3.63, 3.8) is 0 Å². The molecule has 0 unspecified atom stereocenters. The molecule has 0 aliphatic heterocycles. The van der Waals surface area contributed by atoms with Crippen molar-refractivity contribution in [1.82, 2.24) is 9.55 Å². The number of aromatic nitrogens is 2. The van der Waals surface area contributed by atoms with Crippen molar-refractivity contribution in [2.45, 2.75) is 19.9 Å². The number of hydrogen-bond donors (Lipinski definition) is 1. The molecule has 2 rings (SSSR count). The summed E-state index contributed by atoms with van der Waals surface area (Å²) < 4.78 is 1.42. The van der Waals surface area contributed by atoms with Gasteiger partial charge in [-0.3, -0.25) is 4.79 Å². The molecule has 0 aliphatic rings. The van der Waals surface area contributed by atoms with E-state index in [1.165, 1.54) is 22.9 Å². The van der Waals surface area contributed by atoms with Crippen LogP contribution in [0.25, 0.3) is 0 Å². The van der Waals surface area contributed by atoms with E-state index in [0.29, 0.717) is 13.0 Å². The summed E-state index contributed by atoms with van der Waals surface area (Å²) in [5, 5.41) is 8.87. The molecule has 2 aromatic heterocycles. The maximum absolute atomic E-state index is 11.6. The molecule has 94 valence electrons. The summed E-state index contributed by atoms with van der Waals surface area (Å²) in [6.45, 7) is 2.38. The Kier molecular flexibility index (Phi) is 3.57. The molecule has 5 nitrogen and oxygen atoms in total. The van der Waals surface area contributed by atoms with E-state index < -0.39 is 5.97 Å². The molecular formula is C12H12N2O3S. The van der Waals surface area contributed by atoms with Crippen LogP contribution < -0.4 is 5.56 Å². The van der Waals surface area contributed by atoms with Crippen molar-refractivity contribution in [2.75, 3.05) is 0 Å². The van der Waals surface area contributed by atoms with Crippen molar-refractivity contribution in [1.29, 1.82) is 0 Å². The van der Waals surface area contributed by atoms with Gasteiger partial charge in [0, 0.05) is 30.1 Å². The first-order valence-corrected chi connectivity index (χ1v) is 6.28. The third kappa shape index (κ3) is 2.65. The van der Waals surface area contributed by atoms with Gasteiger partial charge in [0.05, 0.1) is 16.8 Å². The lowest BCUT2D eigenvalue weighted by molar-refractivity contribution is 0.0696. The van der Waals surface area contributed by atoms with Crippen molar-refractivity contribution in [2.24, 2.45) is 0 Å². The zero-order valence-electron chi connectivity index (χ0n) is 9.79. The maximum Gasteiger partial charge on any atom is 0.337 e. The molecule has 1 N–H and O–H groups in total.